The summed E-state index contributed by atoms with van der Waals surface area (Å²) in [7, 11) is 0. The number of fused-ring (bicyclic) bond motifs is 1. The zero-order valence-corrected chi connectivity index (χ0v) is 7.06. The molecule has 0 amide bonds. The van der Waals surface area contributed by atoms with E-state index in [-0.39, 0.29) is 6.61 Å². The Morgan fingerprint density at radius 3 is 3.15 bits per heavy atom. The van der Waals surface area contributed by atoms with E-state index in [4.69, 9.17) is 5.11 Å². The molecular formula is C8H10N4O. The van der Waals surface area contributed by atoms with Crippen molar-refractivity contribution >= 4 is 11.2 Å². The fraction of sp³-hybridized carbons (Fsp3) is 0.375. The van der Waals surface area contributed by atoms with E-state index in [1.165, 1.54) is 0 Å². The smallest absolute Gasteiger partial charge is 0.180 e. The summed E-state index contributed by atoms with van der Waals surface area (Å²) in [6.07, 6.45) is 4.69. The van der Waals surface area contributed by atoms with Gasteiger partial charge in [0.25, 0.3) is 0 Å². The molecule has 0 saturated carbocycles. The number of rotatable bonds is 3. The summed E-state index contributed by atoms with van der Waals surface area (Å²) in [6, 6.07) is 0. The molecule has 5 heteroatoms. The summed E-state index contributed by atoms with van der Waals surface area (Å²) in [4.78, 5) is 15.3. The Morgan fingerprint density at radius 1 is 1.38 bits per heavy atom. The number of aromatic nitrogens is 4. The van der Waals surface area contributed by atoms with E-state index in [9.17, 15) is 0 Å². The molecule has 68 valence electrons. The van der Waals surface area contributed by atoms with Crippen molar-refractivity contribution in [2.45, 2.75) is 12.8 Å². The highest BCUT2D eigenvalue weighted by molar-refractivity contribution is 5.67. The van der Waals surface area contributed by atoms with Crippen LogP contribution in [0.15, 0.2) is 12.5 Å². The molecule has 2 aromatic rings. The van der Waals surface area contributed by atoms with Gasteiger partial charge in [-0.05, 0) is 6.42 Å². The number of nitrogens with zero attached hydrogens (tertiary/aromatic N) is 3. The summed E-state index contributed by atoms with van der Waals surface area (Å²) in [5.41, 5.74) is 1.52. The first-order valence-corrected chi connectivity index (χ1v) is 4.16. The fourth-order valence-corrected chi connectivity index (χ4v) is 1.13. The van der Waals surface area contributed by atoms with E-state index in [0.29, 0.717) is 18.5 Å². The number of nitrogens with one attached hydrogen (secondary N) is 1. The molecule has 0 atom stereocenters. The molecule has 0 spiro atoms. The second-order valence-corrected chi connectivity index (χ2v) is 2.75. The Labute approximate surface area is 74.9 Å². The predicted octanol–water partition coefficient (Wildman–Crippen LogP) is 0.278. The van der Waals surface area contributed by atoms with Crippen LogP contribution < -0.4 is 0 Å². The Morgan fingerprint density at radius 2 is 2.31 bits per heavy atom. The Kier molecular flexibility index (Phi) is 2.18. The lowest BCUT2D eigenvalue weighted by molar-refractivity contribution is 0.287. The SMILES string of the molecule is OCCCc1ncc2[nH]cnc2n1. The number of hydrogen-bond donors (Lipinski definition) is 2. The van der Waals surface area contributed by atoms with E-state index in [0.717, 1.165) is 11.3 Å². The molecule has 0 aliphatic rings. The predicted molar refractivity (Wildman–Crippen MR) is 47.1 cm³/mol. The van der Waals surface area contributed by atoms with Crippen molar-refractivity contribution in [3.63, 3.8) is 0 Å². The quantitative estimate of drug-likeness (QED) is 0.707. The monoisotopic (exact) mass is 178 g/mol. The van der Waals surface area contributed by atoms with Gasteiger partial charge in [0, 0.05) is 13.0 Å². The largest absolute Gasteiger partial charge is 0.396 e. The average Bonchev–Trinajstić information content (AvgIpc) is 2.61. The van der Waals surface area contributed by atoms with Crippen LogP contribution in [0.1, 0.15) is 12.2 Å². The fourth-order valence-electron chi connectivity index (χ4n) is 1.13. The van der Waals surface area contributed by atoms with Gasteiger partial charge in [0.15, 0.2) is 5.65 Å². The zero-order valence-electron chi connectivity index (χ0n) is 7.06. The Bertz CT molecular complexity index is 398. The third-order valence-electron chi connectivity index (χ3n) is 1.78. The third-order valence-corrected chi connectivity index (χ3v) is 1.78. The van der Waals surface area contributed by atoms with Crippen LogP contribution in [0.5, 0.6) is 0 Å². The highest BCUT2D eigenvalue weighted by Crippen LogP contribution is 2.04. The first-order chi connectivity index (χ1) is 6.40. The minimum Gasteiger partial charge on any atom is -0.396 e. The zero-order chi connectivity index (χ0) is 9.10. The van der Waals surface area contributed by atoms with Gasteiger partial charge < -0.3 is 10.1 Å². The number of aliphatic hydroxyl groups is 1. The van der Waals surface area contributed by atoms with Crippen molar-refractivity contribution in [2.24, 2.45) is 0 Å². The lowest BCUT2D eigenvalue weighted by Gasteiger charge is -1.96. The molecule has 0 fully saturated rings. The number of hydrogen-bond acceptors (Lipinski definition) is 4. The van der Waals surface area contributed by atoms with Crippen LogP contribution in [-0.2, 0) is 6.42 Å². The molecule has 13 heavy (non-hydrogen) atoms. The molecule has 0 aliphatic carbocycles. The van der Waals surface area contributed by atoms with Crippen molar-refractivity contribution < 1.29 is 5.11 Å². The van der Waals surface area contributed by atoms with E-state index >= 15 is 0 Å². The minimum atomic E-state index is 0.169. The second kappa shape index (κ2) is 3.49. The van der Waals surface area contributed by atoms with E-state index in [2.05, 4.69) is 19.9 Å². The maximum atomic E-state index is 8.62. The molecule has 5 nitrogen and oxygen atoms in total. The molecule has 0 unspecified atom stereocenters. The van der Waals surface area contributed by atoms with Crippen LogP contribution in [0.25, 0.3) is 11.2 Å². The van der Waals surface area contributed by atoms with Crippen molar-refractivity contribution in [1.29, 1.82) is 0 Å². The number of imidazole rings is 1. The van der Waals surface area contributed by atoms with Crippen LogP contribution in [0.2, 0.25) is 0 Å². The van der Waals surface area contributed by atoms with Gasteiger partial charge in [-0.1, -0.05) is 0 Å². The van der Waals surface area contributed by atoms with Gasteiger partial charge in [-0.3, -0.25) is 0 Å². The average molecular weight is 178 g/mol. The molecule has 2 N–H and O–H groups in total. The summed E-state index contributed by atoms with van der Waals surface area (Å²) >= 11 is 0. The summed E-state index contributed by atoms with van der Waals surface area (Å²) < 4.78 is 0. The van der Waals surface area contributed by atoms with Crippen LogP contribution in [0, 0.1) is 0 Å². The van der Waals surface area contributed by atoms with Crippen LogP contribution in [-0.4, -0.2) is 31.6 Å². The number of aliphatic hydroxyl groups excluding tert-OH is 1. The van der Waals surface area contributed by atoms with Crippen molar-refractivity contribution in [3.8, 4) is 0 Å². The Balaban J connectivity index is 2.26. The van der Waals surface area contributed by atoms with Crippen molar-refractivity contribution in [2.75, 3.05) is 6.61 Å². The maximum absolute atomic E-state index is 8.62. The molecule has 0 saturated heterocycles. The first-order valence-electron chi connectivity index (χ1n) is 4.16. The summed E-state index contributed by atoms with van der Waals surface area (Å²) in [6.45, 7) is 0.169. The van der Waals surface area contributed by atoms with Crippen molar-refractivity contribution in [3.05, 3.63) is 18.3 Å². The number of aromatic amines is 1. The lowest BCUT2D eigenvalue weighted by atomic mass is 10.3. The molecule has 0 bridgehead atoms. The van der Waals surface area contributed by atoms with Crippen LogP contribution in [0.3, 0.4) is 0 Å². The highest BCUT2D eigenvalue weighted by Gasteiger charge is 2.00. The molecule has 0 aliphatic heterocycles. The lowest BCUT2D eigenvalue weighted by Crippen LogP contribution is -1.96. The molecular weight excluding hydrogens is 168 g/mol. The second-order valence-electron chi connectivity index (χ2n) is 2.75. The van der Waals surface area contributed by atoms with Gasteiger partial charge in [0.2, 0.25) is 0 Å². The third kappa shape index (κ3) is 1.65. The molecule has 0 aromatic carbocycles. The maximum Gasteiger partial charge on any atom is 0.180 e. The van der Waals surface area contributed by atoms with E-state index in [1.54, 1.807) is 12.5 Å². The van der Waals surface area contributed by atoms with Gasteiger partial charge in [-0.25, -0.2) is 15.0 Å². The highest BCUT2D eigenvalue weighted by atomic mass is 16.2. The summed E-state index contributed by atoms with van der Waals surface area (Å²) in [5.74, 6) is 0.730. The molecule has 0 radical (unpaired) electrons. The first kappa shape index (κ1) is 8.12. The number of H-pyrrole nitrogens is 1. The number of aryl methyl sites for hydroxylation is 1. The van der Waals surface area contributed by atoms with Crippen LogP contribution in [0.4, 0.5) is 0 Å². The molecule has 2 heterocycles. The normalized spacial score (nSPS) is 10.8. The molecule has 2 rings (SSSR count). The van der Waals surface area contributed by atoms with Gasteiger partial charge >= 0.3 is 0 Å². The van der Waals surface area contributed by atoms with Gasteiger partial charge in [-0.15, -0.1) is 0 Å². The molecule has 2 aromatic heterocycles. The van der Waals surface area contributed by atoms with Gasteiger partial charge in [0.1, 0.15) is 11.3 Å². The van der Waals surface area contributed by atoms with E-state index < -0.39 is 0 Å². The van der Waals surface area contributed by atoms with Gasteiger partial charge in [-0.2, -0.15) is 0 Å². The minimum absolute atomic E-state index is 0.169. The van der Waals surface area contributed by atoms with E-state index in [1.807, 2.05) is 0 Å². The Hall–Kier alpha value is -1.49. The van der Waals surface area contributed by atoms with Gasteiger partial charge in [0.05, 0.1) is 12.5 Å². The van der Waals surface area contributed by atoms with Crippen molar-refractivity contribution in [1.82, 2.24) is 19.9 Å². The summed E-state index contributed by atoms with van der Waals surface area (Å²) in [5, 5.41) is 8.62. The standard InChI is InChI=1S/C8H10N4O/c13-3-1-2-7-9-4-6-8(12-7)11-5-10-6/h4-5,13H,1-3H2,(H,9,10,11,12). The van der Waals surface area contributed by atoms with Crippen LogP contribution >= 0.6 is 0 Å². The topological polar surface area (TPSA) is 74.7 Å².